The molecule has 0 spiro atoms. The molecule has 0 aromatic heterocycles. The van der Waals surface area contributed by atoms with Crippen molar-refractivity contribution in [3.05, 3.63) is 48.0 Å². The Hall–Kier alpha value is -3.11. The molecule has 3 rings (SSSR count). The summed E-state index contributed by atoms with van der Waals surface area (Å²) in [5, 5.41) is 2.77. The highest BCUT2D eigenvalue weighted by Crippen LogP contribution is 2.34. The number of amides is 2. The first-order valence-corrected chi connectivity index (χ1v) is 11.2. The molecule has 2 aromatic carbocycles. The number of anilines is 1. The summed E-state index contributed by atoms with van der Waals surface area (Å²) in [5.74, 6) is 0.115. The van der Waals surface area contributed by atoms with Crippen molar-refractivity contribution in [3.63, 3.8) is 0 Å². The van der Waals surface area contributed by atoms with Crippen LogP contribution >= 0.6 is 0 Å². The van der Waals surface area contributed by atoms with Crippen LogP contribution in [-0.2, 0) is 26.2 Å². The van der Waals surface area contributed by atoms with Crippen LogP contribution < -0.4 is 24.4 Å². The molecule has 0 saturated heterocycles. The number of carbonyl (C=O) groups excluding carboxylic acids is 2. The molecule has 0 unspecified atom stereocenters. The van der Waals surface area contributed by atoms with Crippen LogP contribution in [0.1, 0.15) is 19.4 Å². The van der Waals surface area contributed by atoms with Gasteiger partial charge in [0.25, 0.3) is 5.91 Å². The maximum atomic E-state index is 12.5. The smallest absolute Gasteiger partial charge is 0.265 e. The molecule has 0 atom stereocenters. The summed E-state index contributed by atoms with van der Waals surface area (Å²) in [6.07, 6.45) is 0. The maximum Gasteiger partial charge on any atom is 0.265 e. The van der Waals surface area contributed by atoms with E-state index in [0.29, 0.717) is 11.4 Å². The normalized spacial score (nSPS) is 13.5. The monoisotopic (exact) mass is 447 g/mol. The molecule has 0 aliphatic carbocycles. The van der Waals surface area contributed by atoms with Crippen molar-refractivity contribution < 1.29 is 27.5 Å². The van der Waals surface area contributed by atoms with Gasteiger partial charge < -0.3 is 14.8 Å². The van der Waals surface area contributed by atoms with Gasteiger partial charge in [-0.2, -0.15) is 0 Å². The van der Waals surface area contributed by atoms with Gasteiger partial charge >= 0.3 is 0 Å². The largest absolute Gasteiger partial charge is 0.496 e. The number of sulfonamides is 1. The van der Waals surface area contributed by atoms with E-state index in [-0.39, 0.29) is 42.3 Å². The first-order chi connectivity index (χ1) is 14.7. The molecule has 10 heteroatoms. The van der Waals surface area contributed by atoms with Crippen LogP contribution in [0, 0.1) is 0 Å². The lowest BCUT2D eigenvalue weighted by Gasteiger charge is -2.29. The number of hydrogen-bond donors (Lipinski definition) is 2. The Balaban J connectivity index is 1.74. The third kappa shape index (κ3) is 5.33. The Morgan fingerprint density at radius 2 is 1.97 bits per heavy atom. The van der Waals surface area contributed by atoms with E-state index in [4.69, 9.17) is 9.47 Å². The van der Waals surface area contributed by atoms with Crippen LogP contribution in [0.5, 0.6) is 11.5 Å². The molecule has 9 nitrogen and oxygen atoms in total. The number of hydrogen-bond acceptors (Lipinski definition) is 6. The summed E-state index contributed by atoms with van der Waals surface area (Å²) in [7, 11) is -2.17. The van der Waals surface area contributed by atoms with Crippen LogP contribution in [0.2, 0.25) is 0 Å². The number of nitrogens with one attached hydrogen (secondary N) is 2. The van der Waals surface area contributed by atoms with Crippen LogP contribution in [0.3, 0.4) is 0 Å². The second-order valence-corrected chi connectivity index (χ2v) is 8.98. The quantitative estimate of drug-likeness (QED) is 0.633. The van der Waals surface area contributed by atoms with Gasteiger partial charge in [0, 0.05) is 24.2 Å². The van der Waals surface area contributed by atoms with Gasteiger partial charge in [-0.15, -0.1) is 0 Å². The van der Waals surface area contributed by atoms with E-state index < -0.39 is 15.9 Å². The summed E-state index contributed by atoms with van der Waals surface area (Å²) >= 11 is 0. The number of para-hydroxylation sites is 1. The van der Waals surface area contributed by atoms with Gasteiger partial charge in [0.2, 0.25) is 15.9 Å². The third-order valence-electron chi connectivity index (χ3n) is 4.55. The molecule has 31 heavy (non-hydrogen) atoms. The van der Waals surface area contributed by atoms with Crippen LogP contribution in [0.15, 0.2) is 47.4 Å². The van der Waals surface area contributed by atoms with Crippen molar-refractivity contribution >= 4 is 27.5 Å². The van der Waals surface area contributed by atoms with Crippen molar-refractivity contribution in [2.75, 3.05) is 25.2 Å². The number of benzene rings is 2. The van der Waals surface area contributed by atoms with Gasteiger partial charge in [-0.25, -0.2) is 13.1 Å². The van der Waals surface area contributed by atoms with E-state index in [1.54, 1.807) is 27.0 Å². The Kier molecular flexibility index (Phi) is 6.81. The third-order valence-corrected chi connectivity index (χ3v) is 6.20. The first-order valence-electron chi connectivity index (χ1n) is 9.69. The van der Waals surface area contributed by atoms with Crippen LogP contribution in [0.25, 0.3) is 0 Å². The second-order valence-electron chi connectivity index (χ2n) is 7.26. The van der Waals surface area contributed by atoms with Gasteiger partial charge in [0.05, 0.1) is 17.7 Å². The highest BCUT2D eigenvalue weighted by molar-refractivity contribution is 7.89. The number of methoxy groups -OCH3 is 1. The van der Waals surface area contributed by atoms with E-state index in [2.05, 4.69) is 10.0 Å². The van der Waals surface area contributed by atoms with Gasteiger partial charge in [-0.3, -0.25) is 14.5 Å². The van der Waals surface area contributed by atoms with Gasteiger partial charge in [-0.05, 0) is 32.0 Å². The Morgan fingerprint density at radius 1 is 1.23 bits per heavy atom. The minimum absolute atomic E-state index is 0.0230. The van der Waals surface area contributed by atoms with Crippen molar-refractivity contribution in [1.82, 2.24) is 10.0 Å². The molecular formula is C21H25N3O6S. The average Bonchev–Trinajstić information content (AvgIpc) is 2.73. The SMILES string of the molecule is COc1ccccc1CNC(=O)CN1C(=O)COc2cc(S(=O)(=O)NC(C)C)ccc21. The van der Waals surface area contributed by atoms with E-state index in [1.807, 2.05) is 18.2 Å². The predicted molar refractivity (Wildman–Crippen MR) is 115 cm³/mol. The fraction of sp³-hybridized carbons (Fsp3) is 0.333. The van der Waals surface area contributed by atoms with Gasteiger partial charge in [-0.1, -0.05) is 18.2 Å². The van der Waals surface area contributed by atoms with E-state index in [1.165, 1.54) is 23.1 Å². The average molecular weight is 448 g/mol. The summed E-state index contributed by atoms with van der Waals surface area (Å²) in [5.41, 5.74) is 1.15. The topological polar surface area (TPSA) is 114 Å². The highest BCUT2D eigenvalue weighted by atomic mass is 32.2. The molecule has 0 fully saturated rings. The molecule has 2 N–H and O–H groups in total. The minimum Gasteiger partial charge on any atom is -0.496 e. The number of carbonyl (C=O) groups is 2. The summed E-state index contributed by atoms with van der Waals surface area (Å²) in [6, 6.07) is 11.2. The zero-order valence-electron chi connectivity index (χ0n) is 17.5. The maximum absolute atomic E-state index is 12.5. The molecule has 1 heterocycles. The fourth-order valence-corrected chi connectivity index (χ4v) is 4.41. The van der Waals surface area contributed by atoms with E-state index in [9.17, 15) is 18.0 Å². The van der Waals surface area contributed by atoms with Crippen molar-refractivity contribution in [2.24, 2.45) is 0 Å². The number of nitrogens with zero attached hydrogens (tertiary/aromatic N) is 1. The molecule has 0 radical (unpaired) electrons. The summed E-state index contributed by atoms with van der Waals surface area (Å²) < 4.78 is 38.0. The molecular weight excluding hydrogens is 422 g/mol. The Labute approximate surface area is 181 Å². The Bertz CT molecular complexity index is 1080. The molecule has 1 aliphatic heterocycles. The van der Waals surface area contributed by atoms with Crippen molar-refractivity contribution in [1.29, 1.82) is 0 Å². The van der Waals surface area contributed by atoms with Crippen molar-refractivity contribution in [3.8, 4) is 11.5 Å². The predicted octanol–water partition coefficient (Wildman–Crippen LogP) is 1.42. The molecule has 0 saturated carbocycles. The lowest BCUT2D eigenvalue weighted by atomic mass is 10.2. The minimum atomic E-state index is -3.72. The molecule has 1 aliphatic rings. The molecule has 2 amide bonds. The van der Waals surface area contributed by atoms with Crippen LogP contribution in [0.4, 0.5) is 5.69 Å². The number of rotatable bonds is 8. The molecule has 2 aromatic rings. The van der Waals surface area contributed by atoms with Gasteiger partial charge in [0.15, 0.2) is 6.61 Å². The van der Waals surface area contributed by atoms with Crippen LogP contribution in [-0.4, -0.2) is 46.5 Å². The molecule has 0 bridgehead atoms. The zero-order valence-corrected chi connectivity index (χ0v) is 18.4. The van der Waals surface area contributed by atoms with Crippen molar-refractivity contribution in [2.45, 2.75) is 31.3 Å². The summed E-state index contributed by atoms with van der Waals surface area (Å²) in [6.45, 7) is 3.17. The lowest BCUT2D eigenvalue weighted by Crippen LogP contribution is -2.45. The number of ether oxygens (including phenoxy) is 2. The van der Waals surface area contributed by atoms with E-state index >= 15 is 0 Å². The first kappa shape index (κ1) is 22.6. The second kappa shape index (κ2) is 9.36. The standard InChI is InChI=1S/C21H25N3O6S/c1-14(2)23-31(27,28)16-8-9-17-19(10-16)30-13-21(26)24(17)12-20(25)22-11-15-6-4-5-7-18(15)29-3/h4-10,14,23H,11-13H2,1-3H3,(H,22,25). The Morgan fingerprint density at radius 3 is 2.68 bits per heavy atom. The fourth-order valence-electron chi connectivity index (χ4n) is 3.15. The highest BCUT2D eigenvalue weighted by Gasteiger charge is 2.29. The summed E-state index contributed by atoms with van der Waals surface area (Å²) in [4.78, 5) is 26.2. The van der Waals surface area contributed by atoms with E-state index in [0.717, 1.165) is 5.56 Å². The molecule has 166 valence electrons. The zero-order chi connectivity index (χ0) is 22.6. The lowest BCUT2D eigenvalue weighted by molar-refractivity contribution is -0.125. The number of fused-ring (bicyclic) bond motifs is 1. The van der Waals surface area contributed by atoms with Gasteiger partial charge in [0.1, 0.15) is 18.0 Å².